The molecular formula is C17H24ClNO. The van der Waals surface area contributed by atoms with Crippen LogP contribution in [-0.2, 0) is 11.2 Å². The molecule has 0 atom stereocenters. The van der Waals surface area contributed by atoms with Crippen LogP contribution in [0, 0.1) is 12.8 Å². The molecule has 1 amide bonds. The lowest BCUT2D eigenvalue weighted by atomic mass is 9.78. The Labute approximate surface area is 126 Å². The van der Waals surface area contributed by atoms with E-state index in [2.05, 4.69) is 19.2 Å². The second-order valence-electron chi connectivity index (χ2n) is 6.31. The van der Waals surface area contributed by atoms with Gasteiger partial charge in [0.05, 0.1) is 12.0 Å². The molecule has 1 aliphatic rings. The SMILES string of the molecule is Cc1ccc(CC(=O)NC2(CCl)CCC(C)CC2)cc1. The van der Waals surface area contributed by atoms with Crippen LogP contribution in [0.5, 0.6) is 0 Å². The van der Waals surface area contributed by atoms with Crippen LogP contribution in [-0.4, -0.2) is 17.3 Å². The fourth-order valence-electron chi connectivity index (χ4n) is 2.84. The van der Waals surface area contributed by atoms with E-state index in [0.717, 1.165) is 37.2 Å². The first-order chi connectivity index (χ1) is 9.53. The number of hydrogen-bond acceptors (Lipinski definition) is 1. The van der Waals surface area contributed by atoms with E-state index in [4.69, 9.17) is 11.6 Å². The minimum absolute atomic E-state index is 0.0871. The number of rotatable bonds is 4. The Morgan fingerprint density at radius 1 is 1.30 bits per heavy atom. The van der Waals surface area contributed by atoms with Gasteiger partial charge in [-0.15, -0.1) is 11.6 Å². The van der Waals surface area contributed by atoms with Gasteiger partial charge in [0.15, 0.2) is 0 Å². The summed E-state index contributed by atoms with van der Waals surface area (Å²) in [4.78, 5) is 12.2. The van der Waals surface area contributed by atoms with Crippen molar-refractivity contribution in [1.29, 1.82) is 0 Å². The van der Waals surface area contributed by atoms with E-state index in [1.807, 2.05) is 24.3 Å². The van der Waals surface area contributed by atoms with Gasteiger partial charge >= 0.3 is 0 Å². The molecule has 1 aromatic carbocycles. The molecule has 3 heteroatoms. The second-order valence-corrected chi connectivity index (χ2v) is 6.57. The van der Waals surface area contributed by atoms with Crippen LogP contribution in [0.15, 0.2) is 24.3 Å². The first-order valence-electron chi connectivity index (χ1n) is 7.45. The summed E-state index contributed by atoms with van der Waals surface area (Å²) in [6.45, 7) is 4.32. The average Bonchev–Trinajstić information content (AvgIpc) is 2.44. The number of hydrogen-bond donors (Lipinski definition) is 1. The van der Waals surface area contributed by atoms with Crippen LogP contribution >= 0.6 is 11.6 Å². The molecular weight excluding hydrogens is 270 g/mol. The van der Waals surface area contributed by atoms with Gasteiger partial charge in [-0.1, -0.05) is 36.8 Å². The largest absolute Gasteiger partial charge is 0.349 e. The zero-order valence-electron chi connectivity index (χ0n) is 12.4. The van der Waals surface area contributed by atoms with Crippen molar-refractivity contribution in [3.8, 4) is 0 Å². The van der Waals surface area contributed by atoms with Crippen LogP contribution in [0.1, 0.15) is 43.7 Å². The monoisotopic (exact) mass is 293 g/mol. The molecule has 0 aliphatic heterocycles. The lowest BCUT2D eigenvalue weighted by Gasteiger charge is -2.38. The number of aryl methyl sites for hydroxylation is 1. The van der Waals surface area contributed by atoms with E-state index >= 15 is 0 Å². The molecule has 0 bridgehead atoms. The number of carbonyl (C=O) groups is 1. The Morgan fingerprint density at radius 2 is 1.90 bits per heavy atom. The highest BCUT2D eigenvalue weighted by molar-refractivity contribution is 6.18. The van der Waals surface area contributed by atoms with Crippen LogP contribution < -0.4 is 5.32 Å². The van der Waals surface area contributed by atoms with Crippen LogP contribution in [0.4, 0.5) is 0 Å². The maximum Gasteiger partial charge on any atom is 0.224 e. The molecule has 1 N–H and O–H groups in total. The fraction of sp³-hybridized carbons (Fsp3) is 0.588. The van der Waals surface area contributed by atoms with E-state index in [9.17, 15) is 4.79 Å². The summed E-state index contributed by atoms with van der Waals surface area (Å²) in [5, 5.41) is 3.19. The molecule has 1 aliphatic carbocycles. The Morgan fingerprint density at radius 3 is 2.45 bits per heavy atom. The van der Waals surface area contributed by atoms with E-state index in [-0.39, 0.29) is 11.4 Å². The van der Waals surface area contributed by atoms with Gasteiger partial charge in [0.2, 0.25) is 5.91 Å². The number of carbonyl (C=O) groups excluding carboxylic acids is 1. The smallest absolute Gasteiger partial charge is 0.224 e. The van der Waals surface area contributed by atoms with Crippen molar-refractivity contribution in [2.75, 3.05) is 5.88 Å². The molecule has 0 spiro atoms. The third kappa shape index (κ3) is 3.99. The quantitative estimate of drug-likeness (QED) is 0.840. The van der Waals surface area contributed by atoms with Crippen LogP contribution in [0.3, 0.4) is 0 Å². The summed E-state index contributed by atoms with van der Waals surface area (Å²) in [6, 6.07) is 8.13. The first-order valence-corrected chi connectivity index (χ1v) is 7.99. The summed E-state index contributed by atoms with van der Waals surface area (Å²) in [7, 11) is 0. The van der Waals surface area contributed by atoms with Crippen molar-refractivity contribution in [1.82, 2.24) is 5.32 Å². The number of nitrogens with one attached hydrogen (secondary N) is 1. The molecule has 0 radical (unpaired) electrons. The van der Waals surface area contributed by atoms with Gasteiger partial charge < -0.3 is 5.32 Å². The predicted molar refractivity (Wildman–Crippen MR) is 84.1 cm³/mol. The molecule has 1 aromatic rings. The lowest BCUT2D eigenvalue weighted by Crippen LogP contribution is -2.52. The van der Waals surface area contributed by atoms with E-state index < -0.39 is 0 Å². The van der Waals surface area contributed by atoms with Crippen LogP contribution in [0.2, 0.25) is 0 Å². The molecule has 2 nitrogen and oxygen atoms in total. The minimum atomic E-state index is -0.185. The zero-order chi connectivity index (χ0) is 14.6. The zero-order valence-corrected chi connectivity index (χ0v) is 13.2. The highest BCUT2D eigenvalue weighted by Gasteiger charge is 2.34. The molecule has 1 saturated carbocycles. The highest BCUT2D eigenvalue weighted by Crippen LogP contribution is 2.32. The van der Waals surface area contributed by atoms with Gasteiger partial charge in [0.25, 0.3) is 0 Å². The summed E-state index contributed by atoms with van der Waals surface area (Å²) >= 11 is 6.14. The van der Waals surface area contributed by atoms with E-state index in [1.54, 1.807) is 0 Å². The predicted octanol–water partition coefficient (Wildman–Crippen LogP) is 3.84. The average molecular weight is 294 g/mol. The molecule has 0 unspecified atom stereocenters. The maximum atomic E-state index is 12.2. The molecule has 2 rings (SSSR count). The Balaban J connectivity index is 1.94. The van der Waals surface area contributed by atoms with Crippen LogP contribution in [0.25, 0.3) is 0 Å². The minimum Gasteiger partial charge on any atom is -0.349 e. The summed E-state index contributed by atoms with van der Waals surface area (Å²) in [5.74, 6) is 1.35. The van der Waals surface area contributed by atoms with E-state index in [1.165, 1.54) is 5.56 Å². The van der Waals surface area contributed by atoms with Crippen molar-refractivity contribution in [2.24, 2.45) is 5.92 Å². The Bertz CT molecular complexity index is 447. The summed E-state index contributed by atoms with van der Waals surface area (Å²) in [6.07, 6.45) is 4.73. The van der Waals surface area contributed by atoms with E-state index in [0.29, 0.717) is 12.3 Å². The van der Waals surface area contributed by atoms with Gasteiger partial charge in [-0.05, 0) is 44.1 Å². The number of benzene rings is 1. The second kappa shape index (κ2) is 6.62. The van der Waals surface area contributed by atoms with Gasteiger partial charge in [-0.2, -0.15) is 0 Å². The molecule has 0 heterocycles. The van der Waals surface area contributed by atoms with Gasteiger partial charge in [0, 0.05) is 5.88 Å². The van der Waals surface area contributed by atoms with Crippen molar-refractivity contribution >= 4 is 17.5 Å². The Kier molecular flexibility index (Phi) is 5.09. The molecule has 20 heavy (non-hydrogen) atoms. The topological polar surface area (TPSA) is 29.1 Å². The van der Waals surface area contributed by atoms with Gasteiger partial charge in [-0.25, -0.2) is 0 Å². The third-order valence-electron chi connectivity index (χ3n) is 4.38. The van der Waals surface area contributed by atoms with Crippen molar-refractivity contribution in [3.05, 3.63) is 35.4 Å². The normalized spacial score (nSPS) is 26.2. The van der Waals surface area contributed by atoms with Gasteiger partial charge in [0.1, 0.15) is 0 Å². The summed E-state index contributed by atoms with van der Waals surface area (Å²) in [5.41, 5.74) is 2.09. The lowest BCUT2D eigenvalue weighted by molar-refractivity contribution is -0.122. The first kappa shape index (κ1) is 15.4. The fourth-order valence-corrected chi connectivity index (χ4v) is 3.17. The highest BCUT2D eigenvalue weighted by atomic mass is 35.5. The van der Waals surface area contributed by atoms with Gasteiger partial charge in [-0.3, -0.25) is 4.79 Å². The molecule has 1 fully saturated rings. The third-order valence-corrected chi connectivity index (χ3v) is 4.89. The molecule has 0 saturated heterocycles. The Hall–Kier alpha value is -1.02. The molecule has 110 valence electrons. The molecule has 0 aromatic heterocycles. The summed E-state index contributed by atoms with van der Waals surface area (Å²) < 4.78 is 0. The maximum absolute atomic E-state index is 12.2. The van der Waals surface area contributed by atoms with Crippen molar-refractivity contribution < 1.29 is 4.79 Å². The standard InChI is InChI=1S/C17H24ClNO/c1-13-3-5-15(6-4-13)11-16(20)19-17(12-18)9-7-14(2)8-10-17/h3-6,14H,7-12H2,1-2H3,(H,19,20). The number of alkyl halides is 1. The number of amides is 1. The van der Waals surface area contributed by atoms with Crippen molar-refractivity contribution in [3.63, 3.8) is 0 Å². The number of halogens is 1. The van der Waals surface area contributed by atoms with Crippen molar-refractivity contribution in [2.45, 2.75) is 51.5 Å².